The third-order valence-electron chi connectivity index (χ3n) is 8.23. The van der Waals surface area contributed by atoms with E-state index in [0.717, 1.165) is 22.6 Å². The number of hydrogen-bond donors (Lipinski definition) is 2. The zero-order valence-corrected chi connectivity index (χ0v) is 21.5. The Morgan fingerprint density at radius 3 is 2.38 bits per heavy atom. The number of carbonyl (C=O) groups is 3. The van der Waals surface area contributed by atoms with Gasteiger partial charge in [0, 0.05) is 43.9 Å². The normalized spacial score (nSPS) is 24.8. The fourth-order valence-electron chi connectivity index (χ4n) is 6.46. The maximum atomic E-state index is 14.2. The standard InChI is InChI=1S/C30H30N4O5/c35-24-11-9-20(10-12-24)14-30(27(37)31-29(39)34(28(30)38)16-21-5-2-1-3-6-21)19-32-15-22-13-23(18-32)25-7-4-8-26(36)33(25)17-22/h1-12,22-23,35H,13-19H2,(H,31,37,39)/t22-,23+,30+/m1/s1. The Morgan fingerprint density at radius 2 is 1.62 bits per heavy atom. The Bertz CT molecular complexity index is 1490. The summed E-state index contributed by atoms with van der Waals surface area (Å²) in [4.78, 5) is 56.6. The van der Waals surface area contributed by atoms with E-state index in [0.29, 0.717) is 25.2 Å². The minimum atomic E-state index is -1.54. The quantitative estimate of drug-likeness (QED) is 0.478. The second-order valence-corrected chi connectivity index (χ2v) is 11.0. The molecule has 3 aliphatic rings. The van der Waals surface area contributed by atoms with Gasteiger partial charge in [-0.2, -0.15) is 0 Å². The number of amides is 4. The number of barbiturate groups is 1. The van der Waals surface area contributed by atoms with Crippen LogP contribution in [0.1, 0.15) is 29.2 Å². The summed E-state index contributed by atoms with van der Waals surface area (Å²) in [5.74, 6) is -0.722. The van der Waals surface area contributed by atoms with E-state index in [9.17, 15) is 24.3 Å². The Hall–Kier alpha value is -4.24. The van der Waals surface area contributed by atoms with Gasteiger partial charge in [0.15, 0.2) is 0 Å². The first-order valence-electron chi connectivity index (χ1n) is 13.2. The van der Waals surface area contributed by atoms with Crippen molar-refractivity contribution in [3.8, 4) is 5.75 Å². The number of aromatic nitrogens is 1. The van der Waals surface area contributed by atoms with E-state index in [-0.39, 0.29) is 42.7 Å². The van der Waals surface area contributed by atoms with Crippen LogP contribution >= 0.6 is 0 Å². The molecule has 200 valence electrons. The number of piperidine rings is 1. The van der Waals surface area contributed by atoms with Crippen molar-refractivity contribution >= 4 is 17.8 Å². The van der Waals surface area contributed by atoms with Crippen molar-refractivity contribution in [3.63, 3.8) is 0 Å². The first-order chi connectivity index (χ1) is 18.8. The molecule has 4 heterocycles. The van der Waals surface area contributed by atoms with Gasteiger partial charge in [0.1, 0.15) is 11.2 Å². The second-order valence-electron chi connectivity index (χ2n) is 11.0. The first-order valence-corrected chi connectivity index (χ1v) is 13.2. The smallest absolute Gasteiger partial charge is 0.331 e. The highest BCUT2D eigenvalue weighted by atomic mass is 16.3. The SMILES string of the molecule is O=C1NC(=O)[C@](Cc2ccc(O)cc2)(CN2C[C@H]3C[C@@H](C2)c2cccc(=O)n2C3)C(=O)N1Cc1ccccc1. The Morgan fingerprint density at radius 1 is 0.846 bits per heavy atom. The highest BCUT2D eigenvalue weighted by Gasteiger charge is 2.55. The van der Waals surface area contributed by atoms with Gasteiger partial charge < -0.3 is 14.6 Å². The van der Waals surface area contributed by atoms with Crippen LogP contribution in [0.3, 0.4) is 0 Å². The van der Waals surface area contributed by atoms with E-state index in [2.05, 4.69) is 10.2 Å². The predicted molar refractivity (Wildman–Crippen MR) is 143 cm³/mol. The van der Waals surface area contributed by atoms with E-state index >= 15 is 0 Å². The highest BCUT2D eigenvalue weighted by Crippen LogP contribution is 2.38. The number of rotatable bonds is 6. The van der Waals surface area contributed by atoms with E-state index in [1.54, 1.807) is 24.3 Å². The molecule has 0 spiro atoms. The second kappa shape index (κ2) is 9.81. The van der Waals surface area contributed by atoms with Gasteiger partial charge in [0.25, 0.3) is 5.56 Å². The Labute approximate surface area is 225 Å². The molecule has 9 heteroatoms. The van der Waals surface area contributed by atoms with Crippen LogP contribution in [0.4, 0.5) is 4.79 Å². The summed E-state index contributed by atoms with van der Waals surface area (Å²) >= 11 is 0. The molecule has 1 aromatic heterocycles. The first kappa shape index (κ1) is 25.1. The monoisotopic (exact) mass is 526 g/mol. The number of urea groups is 1. The molecule has 6 rings (SSSR count). The highest BCUT2D eigenvalue weighted by molar-refractivity contribution is 6.19. The maximum Gasteiger partial charge on any atom is 0.331 e. The lowest BCUT2D eigenvalue weighted by Crippen LogP contribution is -2.67. The van der Waals surface area contributed by atoms with Crippen molar-refractivity contribution in [2.75, 3.05) is 19.6 Å². The summed E-state index contributed by atoms with van der Waals surface area (Å²) in [7, 11) is 0. The third-order valence-corrected chi connectivity index (χ3v) is 8.23. The van der Waals surface area contributed by atoms with Crippen molar-refractivity contribution in [2.24, 2.45) is 11.3 Å². The van der Waals surface area contributed by atoms with E-state index < -0.39 is 23.3 Å². The number of hydrogen-bond acceptors (Lipinski definition) is 6. The average Bonchev–Trinajstić information content (AvgIpc) is 2.92. The number of nitrogens with zero attached hydrogens (tertiary/aromatic N) is 3. The number of nitrogens with one attached hydrogen (secondary N) is 1. The molecule has 9 nitrogen and oxygen atoms in total. The van der Waals surface area contributed by atoms with E-state index in [4.69, 9.17) is 0 Å². The molecule has 2 bridgehead atoms. The lowest BCUT2D eigenvalue weighted by Gasteiger charge is -2.47. The van der Waals surface area contributed by atoms with Crippen LogP contribution in [0.2, 0.25) is 0 Å². The maximum absolute atomic E-state index is 14.2. The number of benzene rings is 2. The largest absolute Gasteiger partial charge is 0.508 e. The third kappa shape index (κ3) is 4.63. The molecular formula is C30H30N4O5. The topological polar surface area (TPSA) is 112 Å². The molecule has 3 aromatic rings. The van der Waals surface area contributed by atoms with Crippen LogP contribution in [0.15, 0.2) is 77.6 Å². The van der Waals surface area contributed by atoms with E-state index in [1.807, 2.05) is 41.0 Å². The molecule has 0 aliphatic carbocycles. The van der Waals surface area contributed by atoms with Crippen molar-refractivity contribution in [1.82, 2.24) is 19.7 Å². The lowest BCUT2D eigenvalue weighted by atomic mass is 9.75. The molecule has 39 heavy (non-hydrogen) atoms. The number of likely N-dealkylation sites (tertiary alicyclic amines) is 1. The zero-order chi connectivity index (χ0) is 27.1. The number of fused-ring (bicyclic) bond motifs is 4. The summed E-state index contributed by atoms with van der Waals surface area (Å²) < 4.78 is 1.85. The number of phenols is 1. The van der Waals surface area contributed by atoms with Crippen molar-refractivity contribution in [3.05, 3.63) is 100.0 Å². The lowest BCUT2D eigenvalue weighted by molar-refractivity contribution is -0.154. The van der Waals surface area contributed by atoms with Gasteiger partial charge in [0.2, 0.25) is 11.8 Å². The number of carbonyl (C=O) groups excluding carboxylic acids is 3. The van der Waals surface area contributed by atoms with Crippen LogP contribution in [-0.4, -0.2) is 57.0 Å². The summed E-state index contributed by atoms with van der Waals surface area (Å²) in [5, 5.41) is 12.3. The summed E-state index contributed by atoms with van der Waals surface area (Å²) in [5.41, 5.74) is 0.928. The van der Waals surface area contributed by atoms with Crippen LogP contribution in [0.5, 0.6) is 5.75 Å². The molecule has 2 aromatic carbocycles. The molecule has 2 fully saturated rings. The molecule has 2 saturated heterocycles. The van der Waals surface area contributed by atoms with Crippen molar-refractivity contribution < 1.29 is 19.5 Å². The molecule has 0 radical (unpaired) electrons. The van der Waals surface area contributed by atoms with Crippen molar-refractivity contribution in [1.29, 1.82) is 0 Å². The van der Waals surface area contributed by atoms with Crippen LogP contribution < -0.4 is 10.9 Å². The fourth-order valence-corrected chi connectivity index (χ4v) is 6.46. The van der Waals surface area contributed by atoms with Crippen molar-refractivity contribution in [2.45, 2.75) is 31.8 Å². The van der Waals surface area contributed by atoms with E-state index in [1.165, 1.54) is 12.1 Å². The van der Waals surface area contributed by atoms with Crippen LogP contribution in [0, 0.1) is 11.3 Å². The Balaban J connectivity index is 1.35. The molecule has 0 unspecified atom stereocenters. The molecule has 3 atom stereocenters. The minimum absolute atomic E-state index is 0.00338. The Kier molecular flexibility index (Phi) is 6.31. The molecule has 4 amide bonds. The van der Waals surface area contributed by atoms with Gasteiger partial charge in [-0.3, -0.25) is 24.6 Å². The number of phenolic OH excluding ortho intramolecular Hbond substituents is 1. The zero-order valence-electron chi connectivity index (χ0n) is 21.5. The molecular weight excluding hydrogens is 496 g/mol. The van der Waals surface area contributed by atoms with Crippen LogP contribution in [-0.2, 0) is 29.1 Å². The van der Waals surface area contributed by atoms with Gasteiger partial charge in [0.05, 0.1) is 6.54 Å². The number of pyridine rings is 1. The molecule has 0 saturated carbocycles. The summed E-state index contributed by atoms with van der Waals surface area (Å²) in [6, 6.07) is 20.3. The molecule has 2 N–H and O–H groups in total. The molecule has 3 aliphatic heterocycles. The number of aromatic hydroxyl groups is 1. The summed E-state index contributed by atoms with van der Waals surface area (Å²) in [6.07, 6.45) is 1.03. The van der Waals surface area contributed by atoms with Gasteiger partial charge >= 0.3 is 6.03 Å². The van der Waals surface area contributed by atoms with Crippen LogP contribution in [0.25, 0.3) is 0 Å². The van der Waals surface area contributed by atoms with Gasteiger partial charge in [-0.25, -0.2) is 4.79 Å². The number of imide groups is 2. The van der Waals surface area contributed by atoms with Gasteiger partial charge in [-0.15, -0.1) is 0 Å². The fraction of sp³-hybridized carbons (Fsp3) is 0.333. The predicted octanol–water partition coefficient (Wildman–Crippen LogP) is 2.48. The minimum Gasteiger partial charge on any atom is -0.508 e. The van der Waals surface area contributed by atoms with Gasteiger partial charge in [-0.1, -0.05) is 48.5 Å². The summed E-state index contributed by atoms with van der Waals surface area (Å²) in [6.45, 7) is 2.04. The average molecular weight is 527 g/mol. The van der Waals surface area contributed by atoms with Gasteiger partial charge in [-0.05, 0) is 48.1 Å².